The highest BCUT2D eigenvalue weighted by atomic mass is 16.5. The van der Waals surface area contributed by atoms with E-state index in [1.807, 2.05) is 24.3 Å². The van der Waals surface area contributed by atoms with Gasteiger partial charge in [0.1, 0.15) is 0 Å². The van der Waals surface area contributed by atoms with Crippen molar-refractivity contribution in [1.82, 2.24) is 5.43 Å². The molecular formula is C20H22N4O4. The second kappa shape index (κ2) is 8.90. The molecule has 2 amide bonds. The summed E-state index contributed by atoms with van der Waals surface area (Å²) in [5, 5.41) is 16.5. The molecule has 3 N–H and O–H groups in total. The van der Waals surface area contributed by atoms with Gasteiger partial charge in [-0.25, -0.2) is 5.43 Å². The molecule has 2 aromatic carbocycles. The minimum absolute atomic E-state index is 0.0331. The summed E-state index contributed by atoms with van der Waals surface area (Å²) in [5.41, 5.74) is 4.68. The van der Waals surface area contributed by atoms with Crippen LogP contribution in [-0.4, -0.2) is 43.3 Å². The van der Waals surface area contributed by atoms with E-state index in [0.29, 0.717) is 17.7 Å². The van der Waals surface area contributed by atoms with E-state index in [1.165, 1.54) is 19.4 Å². The summed E-state index contributed by atoms with van der Waals surface area (Å²) in [4.78, 5) is 25.6. The predicted molar refractivity (Wildman–Crippen MR) is 107 cm³/mol. The summed E-state index contributed by atoms with van der Waals surface area (Å²) in [7, 11) is 1.46. The maximum absolute atomic E-state index is 12.0. The van der Waals surface area contributed by atoms with Crippen molar-refractivity contribution in [3.8, 4) is 11.5 Å². The number of carbonyl (C=O) groups is 2. The second-order valence-electron chi connectivity index (χ2n) is 6.28. The first kappa shape index (κ1) is 19.2. The number of hydrazone groups is 1. The molecule has 8 nitrogen and oxygen atoms in total. The highest BCUT2D eigenvalue weighted by Crippen LogP contribution is 2.25. The van der Waals surface area contributed by atoms with Gasteiger partial charge in [0.15, 0.2) is 11.5 Å². The number of methoxy groups -OCH3 is 1. The molecule has 1 aliphatic rings. The zero-order valence-electron chi connectivity index (χ0n) is 15.5. The number of nitrogens with zero attached hydrogens (tertiary/aromatic N) is 2. The molecule has 28 heavy (non-hydrogen) atoms. The molecule has 0 radical (unpaired) electrons. The maximum atomic E-state index is 12.0. The van der Waals surface area contributed by atoms with E-state index in [0.717, 1.165) is 24.3 Å². The van der Waals surface area contributed by atoms with E-state index in [1.54, 1.807) is 17.0 Å². The quantitative estimate of drug-likeness (QED) is 0.503. The Labute approximate surface area is 162 Å². The van der Waals surface area contributed by atoms with Gasteiger partial charge in [-0.2, -0.15) is 5.10 Å². The largest absolute Gasteiger partial charge is 0.504 e. The molecule has 0 atom stereocenters. The summed E-state index contributed by atoms with van der Waals surface area (Å²) in [6.45, 7) is 0.757. The van der Waals surface area contributed by atoms with E-state index >= 15 is 0 Å². The third-order valence-corrected chi connectivity index (χ3v) is 4.29. The lowest BCUT2D eigenvalue weighted by atomic mass is 10.2. The zero-order chi connectivity index (χ0) is 19.9. The number of aromatic hydroxyl groups is 1. The summed E-state index contributed by atoms with van der Waals surface area (Å²) in [5.74, 6) is 0.166. The molecule has 1 fully saturated rings. The third-order valence-electron chi connectivity index (χ3n) is 4.29. The van der Waals surface area contributed by atoms with Crippen LogP contribution in [0.2, 0.25) is 0 Å². The lowest BCUT2D eigenvalue weighted by molar-refractivity contribution is -0.119. The fraction of sp³-hybridized carbons (Fsp3) is 0.250. The number of anilines is 2. The molecule has 0 saturated carbocycles. The average Bonchev–Trinajstić information content (AvgIpc) is 3.14. The highest BCUT2D eigenvalue weighted by molar-refractivity contribution is 5.95. The van der Waals surface area contributed by atoms with E-state index in [9.17, 15) is 14.7 Å². The fourth-order valence-electron chi connectivity index (χ4n) is 2.88. The molecule has 2 aromatic rings. The number of nitrogens with one attached hydrogen (secondary N) is 2. The van der Waals surface area contributed by atoms with Crippen molar-refractivity contribution in [2.45, 2.75) is 12.8 Å². The summed E-state index contributed by atoms with van der Waals surface area (Å²) < 4.78 is 5.02. The Morgan fingerprint density at radius 1 is 1.32 bits per heavy atom. The molecule has 146 valence electrons. The Morgan fingerprint density at radius 2 is 2.18 bits per heavy atom. The van der Waals surface area contributed by atoms with Crippen LogP contribution >= 0.6 is 0 Å². The zero-order valence-corrected chi connectivity index (χ0v) is 15.5. The van der Waals surface area contributed by atoms with Gasteiger partial charge < -0.3 is 20.1 Å². The Bertz CT molecular complexity index is 898. The van der Waals surface area contributed by atoms with Gasteiger partial charge >= 0.3 is 0 Å². The molecule has 1 heterocycles. The molecule has 0 aliphatic carbocycles. The number of amides is 2. The van der Waals surface area contributed by atoms with Crippen molar-refractivity contribution in [3.05, 3.63) is 48.0 Å². The van der Waals surface area contributed by atoms with Crippen LogP contribution in [0.1, 0.15) is 18.4 Å². The third kappa shape index (κ3) is 4.79. The Hall–Kier alpha value is -3.55. The van der Waals surface area contributed by atoms with Gasteiger partial charge in [-0.15, -0.1) is 0 Å². The van der Waals surface area contributed by atoms with Gasteiger partial charge in [0.25, 0.3) is 5.91 Å². The topological polar surface area (TPSA) is 103 Å². The first-order valence-corrected chi connectivity index (χ1v) is 8.90. The van der Waals surface area contributed by atoms with Gasteiger partial charge in [-0.05, 0) is 48.4 Å². The SMILES string of the molecule is COc1cc(/C=N\NC(=O)CNc2cccc(N3CCCC3=O)c2)ccc1O. The monoisotopic (exact) mass is 382 g/mol. The molecule has 3 rings (SSSR count). The van der Waals surface area contributed by atoms with Crippen LogP contribution in [0.5, 0.6) is 11.5 Å². The van der Waals surface area contributed by atoms with Gasteiger partial charge in [-0.3, -0.25) is 9.59 Å². The van der Waals surface area contributed by atoms with Crippen molar-refractivity contribution >= 4 is 29.4 Å². The first-order valence-electron chi connectivity index (χ1n) is 8.90. The van der Waals surface area contributed by atoms with Crippen LogP contribution in [0, 0.1) is 0 Å². The van der Waals surface area contributed by atoms with Crippen molar-refractivity contribution in [2.75, 3.05) is 30.4 Å². The number of rotatable bonds is 7. The maximum Gasteiger partial charge on any atom is 0.259 e. The molecular weight excluding hydrogens is 360 g/mol. The van der Waals surface area contributed by atoms with Crippen molar-refractivity contribution in [1.29, 1.82) is 0 Å². The summed E-state index contributed by atoms with van der Waals surface area (Å²) >= 11 is 0. The molecule has 0 aromatic heterocycles. The van der Waals surface area contributed by atoms with Gasteiger partial charge in [-0.1, -0.05) is 6.07 Å². The van der Waals surface area contributed by atoms with E-state index in [2.05, 4.69) is 15.8 Å². The first-order chi connectivity index (χ1) is 13.6. The van der Waals surface area contributed by atoms with Crippen molar-refractivity contribution in [3.63, 3.8) is 0 Å². The van der Waals surface area contributed by atoms with Crippen molar-refractivity contribution < 1.29 is 19.4 Å². The number of carbonyl (C=O) groups excluding carboxylic acids is 2. The standard InChI is InChI=1S/C20H22N4O4/c1-28-18-10-14(7-8-17(18)25)12-22-23-19(26)13-21-15-4-2-5-16(11-15)24-9-3-6-20(24)27/h2,4-5,7-8,10-12,21,25H,3,6,9,13H2,1H3,(H,23,26)/b22-12-. The van der Waals surface area contributed by atoms with Crippen LogP contribution in [0.25, 0.3) is 0 Å². The van der Waals surface area contributed by atoms with Crippen LogP contribution < -0.4 is 20.4 Å². The number of ether oxygens (including phenoxy) is 1. The summed E-state index contributed by atoms with van der Waals surface area (Å²) in [6.07, 6.45) is 2.90. The Balaban J connectivity index is 1.51. The number of hydrogen-bond acceptors (Lipinski definition) is 6. The smallest absolute Gasteiger partial charge is 0.259 e. The second-order valence-corrected chi connectivity index (χ2v) is 6.28. The molecule has 0 spiro atoms. The number of benzene rings is 2. The lowest BCUT2D eigenvalue weighted by Crippen LogP contribution is -2.26. The minimum atomic E-state index is -0.315. The van der Waals surface area contributed by atoms with E-state index in [4.69, 9.17) is 4.74 Å². The molecule has 1 aliphatic heterocycles. The molecule has 0 bridgehead atoms. The molecule has 0 unspecified atom stereocenters. The van der Waals surface area contributed by atoms with E-state index < -0.39 is 0 Å². The normalized spacial score (nSPS) is 13.8. The Kier molecular flexibility index (Phi) is 6.11. The van der Waals surface area contributed by atoms with Crippen LogP contribution in [0.4, 0.5) is 11.4 Å². The summed E-state index contributed by atoms with van der Waals surface area (Å²) in [6, 6.07) is 12.2. The Morgan fingerprint density at radius 3 is 2.93 bits per heavy atom. The van der Waals surface area contributed by atoms with Gasteiger partial charge in [0.05, 0.1) is 19.9 Å². The number of hydrogen-bond donors (Lipinski definition) is 3. The number of phenolic OH excluding ortho intramolecular Hbond substituents is 1. The van der Waals surface area contributed by atoms with Crippen LogP contribution in [0.3, 0.4) is 0 Å². The highest BCUT2D eigenvalue weighted by Gasteiger charge is 2.21. The average molecular weight is 382 g/mol. The minimum Gasteiger partial charge on any atom is -0.504 e. The van der Waals surface area contributed by atoms with E-state index in [-0.39, 0.29) is 24.1 Å². The van der Waals surface area contributed by atoms with Gasteiger partial charge in [0.2, 0.25) is 5.91 Å². The van der Waals surface area contributed by atoms with Gasteiger partial charge in [0, 0.05) is 24.3 Å². The van der Waals surface area contributed by atoms with Crippen LogP contribution in [0.15, 0.2) is 47.6 Å². The molecule has 8 heteroatoms. The van der Waals surface area contributed by atoms with Crippen molar-refractivity contribution in [2.24, 2.45) is 5.10 Å². The fourth-order valence-corrected chi connectivity index (χ4v) is 2.88. The predicted octanol–water partition coefficient (Wildman–Crippen LogP) is 2.09. The number of phenols is 1. The lowest BCUT2D eigenvalue weighted by Gasteiger charge is -2.16. The van der Waals surface area contributed by atoms with Crippen LogP contribution in [-0.2, 0) is 9.59 Å². The molecule has 1 saturated heterocycles.